The smallest absolute Gasteiger partial charge is 0.144 e. The van der Waals surface area contributed by atoms with Crippen molar-refractivity contribution >= 4 is 11.4 Å². The van der Waals surface area contributed by atoms with Crippen molar-refractivity contribution in [2.45, 2.75) is 24.5 Å². The summed E-state index contributed by atoms with van der Waals surface area (Å²) in [5.74, 6) is 0.885. The number of hydrogen-bond donors (Lipinski definition) is 1. The second-order valence-corrected chi connectivity index (χ2v) is 6.02. The molecule has 2 bridgehead atoms. The van der Waals surface area contributed by atoms with Gasteiger partial charge in [-0.05, 0) is 18.6 Å². The molecular weight excluding hydrogens is 254 g/mol. The van der Waals surface area contributed by atoms with Crippen molar-refractivity contribution in [2.24, 2.45) is 0 Å². The monoisotopic (exact) mass is 275 g/mol. The first-order chi connectivity index (χ1) is 9.76. The minimum absolute atomic E-state index is 0.595. The molecule has 2 N–H and O–H groups in total. The molecule has 2 unspecified atom stereocenters. The Morgan fingerprint density at radius 3 is 2.65 bits per heavy atom. The highest BCUT2D eigenvalue weighted by molar-refractivity contribution is 5.65. The number of hydrogen-bond acceptors (Lipinski definition) is 5. The molecule has 0 radical (unpaired) electrons. The van der Waals surface area contributed by atoms with Gasteiger partial charge in [-0.1, -0.05) is 0 Å². The van der Waals surface area contributed by atoms with E-state index in [1.807, 2.05) is 12.1 Å². The molecule has 1 aromatic carbocycles. The highest BCUT2D eigenvalue weighted by Crippen LogP contribution is 2.40. The highest BCUT2D eigenvalue weighted by Gasteiger charge is 2.47. The molecule has 0 aliphatic carbocycles. The van der Waals surface area contributed by atoms with E-state index in [1.54, 1.807) is 7.11 Å². The number of anilines is 2. The van der Waals surface area contributed by atoms with Gasteiger partial charge >= 0.3 is 0 Å². The molecule has 3 aliphatic heterocycles. The Kier molecular flexibility index (Phi) is 2.79. The summed E-state index contributed by atoms with van der Waals surface area (Å²) in [5, 5.41) is 0. The maximum absolute atomic E-state index is 5.84. The molecule has 4 rings (SSSR count). The summed E-state index contributed by atoms with van der Waals surface area (Å²) in [5.41, 5.74) is 7.78. The molecule has 0 aromatic heterocycles. The molecule has 5 heteroatoms. The van der Waals surface area contributed by atoms with Gasteiger partial charge < -0.3 is 20.1 Å². The van der Waals surface area contributed by atoms with Crippen LogP contribution in [0.4, 0.5) is 11.4 Å². The Balaban J connectivity index is 1.55. The van der Waals surface area contributed by atoms with Crippen LogP contribution in [0.15, 0.2) is 18.2 Å². The minimum atomic E-state index is 0.595. The lowest BCUT2D eigenvalue weighted by molar-refractivity contribution is -0.0708. The summed E-state index contributed by atoms with van der Waals surface area (Å²) in [6.45, 7) is 4.05. The standard InChI is InChI=1S/C15H21N3O2/c1-19-15-4-10(16)2-3-14(15)18-7-11-5-12(18)6-17(11)13-8-20-9-13/h2-4,11-13H,5-9,16H2,1H3. The van der Waals surface area contributed by atoms with Gasteiger partial charge in [-0.15, -0.1) is 0 Å². The SMILES string of the molecule is COc1cc(N)ccc1N1CC2CC1CN2C1COC1. The molecule has 0 saturated carbocycles. The van der Waals surface area contributed by atoms with Crippen molar-refractivity contribution in [1.29, 1.82) is 0 Å². The van der Waals surface area contributed by atoms with Crippen LogP contribution < -0.4 is 15.4 Å². The summed E-state index contributed by atoms with van der Waals surface area (Å²) in [4.78, 5) is 5.12. The van der Waals surface area contributed by atoms with E-state index in [0.717, 1.165) is 37.7 Å². The molecule has 108 valence electrons. The van der Waals surface area contributed by atoms with Gasteiger partial charge in [-0.25, -0.2) is 0 Å². The van der Waals surface area contributed by atoms with Crippen LogP contribution in [0.5, 0.6) is 5.75 Å². The Hall–Kier alpha value is -1.46. The number of methoxy groups -OCH3 is 1. The van der Waals surface area contributed by atoms with Crippen LogP contribution in [0.2, 0.25) is 0 Å². The predicted octanol–water partition coefficient (Wildman–Crippen LogP) is 0.939. The molecule has 20 heavy (non-hydrogen) atoms. The fourth-order valence-electron chi connectivity index (χ4n) is 3.79. The van der Waals surface area contributed by atoms with Crippen LogP contribution in [-0.4, -0.2) is 56.4 Å². The van der Waals surface area contributed by atoms with Gasteiger partial charge in [-0.2, -0.15) is 0 Å². The third-order valence-electron chi connectivity index (χ3n) is 4.89. The first-order valence-electron chi connectivity index (χ1n) is 7.30. The number of benzene rings is 1. The average Bonchev–Trinajstić information content (AvgIpc) is 2.96. The summed E-state index contributed by atoms with van der Waals surface area (Å²) in [6.07, 6.45) is 1.25. The maximum atomic E-state index is 5.84. The lowest BCUT2D eigenvalue weighted by Gasteiger charge is -2.43. The van der Waals surface area contributed by atoms with Gasteiger partial charge in [0.2, 0.25) is 0 Å². The van der Waals surface area contributed by atoms with E-state index in [-0.39, 0.29) is 0 Å². The average molecular weight is 275 g/mol. The molecular formula is C15H21N3O2. The van der Waals surface area contributed by atoms with Crippen molar-refractivity contribution in [2.75, 3.05) is 44.0 Å². The number of piperazine rings is 1. The van der Waals surface area contributed by atoms with Crippen molar-refractivity contribution in [3.05, 3.63) is 18.2 Å². The Morgan fingerprint density at radius 1 is 1.20 bits per heavy atom. The lowest BCUT2D eigenvalue weighted by atomic mass is 10.1. The predicted molar refractivity (Wildman–Crippen MR) is 78.3 cm³/mol. The third-order valence-corrected chi connectivity index (χ3v) is 4.89. The first kappa shape index (κ1) is 12.3. The van der Waals surface area contributed by atoms with Gasteiger partial charge in [0.25, 0.3) is 0 Å². The summed E-state index contributed by atoms with van der Waals surface area (Å²) < 4.78 is 10.8. The number of fused-ring (bicyclic) bond motifs is 2. The van der Waals surface area contributed by atoms with Gasteiger partial charge in [0.05, 0.1) is 32.1 Å². The maximum Gasteiger partial charge on any atom is 0.144 e. The van der Waals surface area contributed by atoms with Crippen molar-refractivity contribution in [3.8, 4) is 5.75 Å². The number of rotatable bonds is 3. The highest BCUT2D eigenvalue weighted by atomic mass is 16.5. The Morgan fingerprint density at radius 2 is 2.05 bits per heavy atom. The van der Waals surface area contributed by atoms with Crippen LogP contribution in [0.1, 0.15) is 6.42 Å². The zero-order valence-electron chi connectivity index (χ0n) is 11.8. The van der Waals surface area contributed by atoms with Crippen LogP contribution >= 0.6 is 0 Å². The van der Waals surface area contributed by atoms with E-state index in [2.05, 4.69) is 15.9 Å². The first-order valence-corrected chi connectivity index (χ1v) is 7.30. The summed E-state index contributed by atoms with van der Waals surface area (Å²) in [7, 11) is 1.71. The van der Waals surface area contributed by atoms with Crippen LogP contribution in [-0.2, 0) is 4.74 Å². The zero-order chi connectivity index (χ0) is 13.7. The van der Waals surface area contributed by atoms with Gasteiger partial charge in [-0.3, -0.25) is 4.90 Å². The van der Waals surface area contributed by atoms with Crippen molar-refractivity contribution in [3.63, 3.8) is 0 Å². The van der Waals surface area contributed by atoms with Crippen LogP contribution in [0, 0.1) is 0 Å². The number of likely N-dealkylation sites (tertiary alicyclic amines) is 1. The molecule has 2 atom stereocenters. The fourth-order valence-corrected chi connectivity index (χ4v) is 3.79. The number of nitrogen functional groups attached to an aromatic ring is 1. The van der Waals surface area contributed by atoms with Crippen molar-refractivity contribution < 1.29 is 9.47 Å². The Bertz CT molecular complexity index is 518. The summed E-state index contributed by atoms with van der Waals surface area (Å²) >= 11 is 0. The molecule has 3 saturated heterocycles. The largest absolute Gasteiger partial charge is 0.495 e. The second kappa shape index (κ2) is 4.53. The normalized spacial score (nSPS) is 29.8. The molecule has 3 aliphatic rings. The van der Waals surface area contributed by atoms with Crippen LogP contribution in [0.3, 0.4) is 0 Å². The van der Waals surface area contributed by atoms with E-state index in [1.165, 1.54) is 12.1 Å². The van der Waals surface area contributed by atoms with E-state index in [4.69, 9.17) is 15.2 Å². The van der Waals surface area contributed by atoms with E-state index < -0.39 is 0 Å². The van der Waals surface area contributed by atoms with E-state index in [0.29, 0.717) is 18.1 Å². The molecule has 0 amide bonds. The third kappa shape index (κ3) is 1.77. The quantitative estimate of drug-likeness (QED) is 0.832. The number of ether oxygens (including phenoxy) is 2. The molecule has 3 fully saturated rings. The molecule has 3 heterocycles. The molecule has 0 spiro atoms. The van der Waals surface area contributed by atoms with Crippen molar-refractivity contribution in [1.82, 2.24) is 4.90 Å². The Labute approximate surface area is 119 Å². The van der Waals surface area contributed by atoms with Gasteiger partial charge in [0.1, 0.15) is 5.75 Å². The number of nitrogens with zero attached hydrogens (tertiary/aromatic N) is 2. The van der Waals surface area contributed by atoms with E-state index in [9.17, 15) is 0 Å². The summed E-state index contributed by atoms with van der Waals surface area (Å²) in [6, 6.07) is 7.88. The molecule has 1 aromatic rings. The van der Waals surface area contributed by atoms with Crippen LogP contribution in [0.25, 0.3) is 0 Å². The zero-order valence-corrected chi connectivity index (χ0v) is 11.8. The lowest BCUT2D eigenvalue weighted by Crippen LogP contribution is -2.56. The van der Waals surface area contributed by atoms with E-state index >= 15 is 0 Å². The molecule has 5 nitrogen and oxygen atoms in total. The van der Waals surface area contributed by atoms with Gasteiger partial charge in [0, 0.05) is 36.9 Å². The topological polar surface area (TPSA) is 51.0 Å². The minimum Gasteiger partial charge on any atom is -0.495 e. The van der Waals surface area contributed by atoms with Gasteiger partial charge in [0.15, 0.2) is 0 Å². The number of nitrogens with two attached hydrogens (primary N) is 1. The second-order valence-electron chi connectivity index (χ2n) is 6.02. The fraction of sp³-hybridized carbons (Fsp3) is 0.600.